The van der Waals surface area contributed by atoms with Crippen molar-refractivity contribution in [3.8, 4) is 0 Å². The highest BCUT2D eigenvalue weighted by Gasteiger charge is 2.25. The van der Waals surface area contributed by atoms with Crippen LogP contribution in [-0.2, 0) is 11.8 Å². The van der Waals surface area contributed by atoms with Crippen LogP contribution in [0.15, 0.2) is 32.5 Å². The summed E-state index contributed by atoms with van der Waals surface area (Å²) in [5.74, 6) is -0.222. The van der Waals surface area contributed by atoms with E-state index in [9.17, 15) is 9.59 Å². The molecule has 0 spiro atoms. The molecule has 0 saturated heterocycles. The van der Waals surface area contributed by atoms with Crippen molar-refractivity contribution in [1.82, 2.24) is 5.27 Å². The summed E-state index contributed by atoms with van der Waals surface area (Å²) in [5.41, 5.74) is 1.06. The molecule has 1 amide bonds. The van der Waals surface area contributed by atoms with Crippen molar-refractivity contribution < 1.29 is 14.0 Å². The van der Waals surface area contributed by atoms with E-state index in [0.717, 1.165) is 17.3 Å². The molecule has 2 rings (SSSR count). The van der Waals surface area contributed by atoms with Gasteiger partial charge in [0.2, 0.25) is 5.91 Å². The summed E-state index contributed by atoms with van der Waals surface area (Å²) < 4.78 is 6.07. The minimum Gasteiger partial charge on any atom is -0.325 e. The molecule has 0 aliphatic rings. The van der Waals surface area contributed by atoms with E-state index in [2.05, 4.69) is 15.1 Å². The third kappa shape index (κ3) is 3.68. The van der Waals surface area contributed by atoms with Gasteiger partial charge in [0.1, 0.15) is 0 Å². The number of carbonyl (C=O) groups excluding carboxylic acids is 1. The van der Waals surface area contributed by atoms with Crippen LogP contribution < -0.4 is 15.6 Å². The average Bonchev–Trinajstić information content (AvgIpc) is 2.74. The molecular weight excluding hydrogens is 314 g/mol. The molecule has 1 aromatic carbocycles. The standard InChI is InChI=1S/C13H14ClN3O3S/c1-7-4-5-9(6-10(7)14)15-11(18)8(2)21-12-13(19)20-16-17(12)3/h4-6,8H,1-3H3,(H-,15,16,18,19)/p+1. The topological polar surface area (TPSA) is 79.0 Å². The number of rotatable bonds is 4. The second-order valence-electron chi connectivity index (χ2n) is 4.56. The zero-order chi connectivity index (χ0) is 15.6. The molecule has 1 aromatic heterocycles. The number of hydrogen-bond acceptors (Lipinski definition) is 4. The lowest BCUT2D eigenvalue weighted by molar-refractivity contribution is -0.772. The molecular formula is C13H15ClN3O3S+. The largest absolute Gasteiger partial charge is 0.441 e. The number of H-pyrrole nitrogens is 1. The van der Waals surface area contributed by atoms with Crippen LogP contribution in [0.2, 0.25) is 5.02 Å². The number of thioether (sulfide) groups is 1. The SMILES string of the molecule is Cc1ccc(NC(=O)C(C)Sc2c(=O)o[nH][n+]2C)cc1Cl. The Bertz CT molecular complexity index is 726. The number of anilines is 1. The van der Waals surface area contributed by atoms with Crippen LogP contribution in [-0.4, -0.2) is 16.4 Å². The van der Waals surface area contributed by atoms with Gasteiger partial charge < -0.3 is 5.32 Å². The average molecular weight is 329 g/mol. The Labute approximate surface area is 130 Å². The van der Waals surface area contributed by atoms with Crippen molar-refractivity contribution in [2.24, 2.45) is 7.05 Å². The first-order valence-electron chi connectivity index (χ1n) is 6.19. The summed E-state index contributed by atoms with van der Waals surface area (Å²) in [6, 6.07) is 5.30. The van der Waals surface area contributed by atoms with Crippen molar-refractivity contribution in [3.05, 3.63) is 39.2 Å². The second-order valence-corrected chi connectivity index (χ2v) is 6.29. The molecule has 0 fully saturated rings. The molecule has 112 valence electrons. The predicted molar refractivity (Wildman–Crippen MR) is 80.6 cm³/mol. The Morgan fingerprint density at radius 3 is 2.81 bits per heavy atom. The molecule has 2 N–H and O–H groups in total. The summed E-state index contributed by atoms with van der Waals surface area (Å²) in [7, 11) is 1.64. The van der Waals surface area contributed by atoms with Crippen molar-refractivity contribution in [3.63, 3.8) is 0 Å². The lowest BCUT2D eigenvalue weighted by Crippen LogP contribution is -2.35. The van der Waals surface area contributed by atoms with Crippen LogP contribution in [0.1, 0.15) is 12.5 Å². The number of aromatic amines is 1. The van der Waals surface area contributed by atoms with E-state index in [1.54, 1.807) is 26.1 Å². The first-order chi connectivity index (χ1) is 9.88. The fraction of sp³-hybridized carbons (Fsp3) is 0.308. The van der Waals surface area contributed by atoms with Gasteiger partial charge in [-0.05, 0) is 48.6 Å². The van der Waals surface area contributed by atoms with E-state index >= 15 is 0 Å². The minimum absolute atomic E-state index is 0.222. The van der Waals surface area contributed by atoms with Gasteiger partial charge in [-0.15, -0.1) is 0 Å². The Balaban J connectivity index is 2.06. The van der Waals surface area contributed by atoms with Gasteiger partial charge in [-0.2, -0.15) is 0 Å². The molecule has 0 aliphatic heterocycles. The predicted octanol–water partition coefficient (Wildman–Crippen LogP) is 1.87. The van der Waals surface area contributed by atoms with Crippen LogP contribution in [0, 0.1) is 6.92 Å². The summed E-state index contributed by atoms with van der Waals surface area (Å²) in [6.07, 6.45) is 0. The van der Waals surface area contributed by atoms with Gasteiger partial charge in [-0.25, -0.2) is 4.79 Å². The summed E-state index contributed by atoms with van der Waals surface area (Å²) in [4.78, 5) is 23.6. The Hall–Kier alpha value is -1.73. The quantitative estimate of drug-likeness (QED) is 0.663. The maximum absolute atomic E-state index is 12.1. The van der Waals surface area contributed by atoms with Crippen LogP contribution in [0.5, 0.6) is 0 Å². The zero-order valence-corrected chi connectivity index (χ0v) is 13.3. The summed E-state index contributed by atoms with van der Waals surface area (Å²) >= 11 is 7.13. The van der Waals surface area contributed by atoms with Crippen molar-refractivity contribution >= 4 is 35.0 Å². The highest BCUT2D eigenvalue weighted by atomic mass is 35.5. The number of aromatic nitrogens is 2. The molecule has 21 heavy (non-hydrogen) atoms. The minimum atomic E-state index is -0.500. The van der Waals surface area contributed by atoms with Gasteiger partial charge in [0.25, 0.3) is 0 Å². The van der Waals surface area contributed by atoms with Crippen molar-refractivity contribution in [2.45, 2.75) is 24.1 Å². The highest BCUT2D eigenvalue weighted by molar-refractivity contribution is 8.00. The van der Waals surface area contributed by atoms with Gasteiger partial charge in [0.05, 0.1) is 5.25 Å². The molecule has 0 radical (unpaired) electrons. The maximum Gasteiger partial charge on any atom is 0.441 e. The van der Waals surface area contributed by atoms with E-state index in [4.69, 9.17) is 11.6 Å². The number of amides is 1. The second kappa shape index (κ2) is 6.36. The van der Waals surface area contributed by atoms with Gasteiger partial charge in [0.15, 0.2) is 7.05 Å². The lowest BCUT2D eigenvalue weighted by atomic mass is 10.2. The molecule has 2 aromatic rings. The molecule has 1 atom stereocenters. The Morgan fingerprint density at radius 2 is 2.24 bits per heavy atom. The number of halogens is 1. The maximum atomic E-state index is 12.1. The smallest absolute Gasteiger partial charge is 0.325 e. The lowest BCUT2D eigenvalue weighted by Gasteiger charge is -2.10. The summed E-state index contributed by atoms with van der Waals surface area (Å²) in [5, 5.41) is 5.63. The molecule has 0 aliphatic carbocycles. The van der Waals surface area contributed by atoms with Gasteiger partial charge in [-0.1, -0.05) is 22.3 Å². The van der Waals surface area contributed by atoms with Crippen molar-refractivity contribution in [1.29, 1.82) is 0 Å². The van der Waals surface area contributed by atoms with E-state index in [0.29, 0.717) is 15.7 Å². The van der Waals surface area contributed by atoms with Crippen LogP contribution in [0.4, 0.5) is 5.69 Å². The van der Waals surface area contributed by atoms with E-state index in [1.807, 2.05) is 13.0 Å². The summed E-state index contributed by atoms with van der Waals surface area (Å²) in [6.45, 7) is 3.60. The van der Waals surface area contributed by atoms with E-state index < -0.39 is 10.9 Å². The molecule has 1 heterocycles. The first-order valence-corrected chi connectivity index (χ1v) is 7.45. The Morgan fingerprint density at radius 1 is 1.52 bits per heavy atom. The third-order valence-electron chi connectivity index (χ3n) is 2.85. The van der Waals surface area contributed by atoms with Crippen LogP contribution >= 0.6 is 23.4 Å². The molecule has 1 unspecified atom stereocenters. The van der Waals surface area contributed by atoms with Gasteiger partial charge in [-0.3, -0.25) is 9.32 Å². The fourth-order valence-corrected chi connectivity index (χ4v) is 2.61. The monoisotopic (exact) mass is 328 g/mol. The first kappa shape index (κ1) is 15.7. The third-order valence-corrected chi connectivity index (χ3v) is 4.49. The number of benzene rings is 1. The number of nitrogens with zero attached hydrogens (tertiary/aromatic N) is 1. The molecule has 8 heteroatoms. The Kier molecular flexibility index (Phi) is 4.74. The number of nitrogens with one attached hydrogen (secondary N) is 2. The van der Waals surface area contributed by atoms with Gasteiger partial charge in [0, 0.05) is 10.7 Å². The molecule has 6 nitrogen and oxygen atoms in total. The van der Waals surface area contributed by atoms with E-state index in [1.165, 1.54) is 4.68 Å². The van der Waals surface area contributed by atoms with Gasteiger partial charge >= 0.3 is 10.7 Å². The number of aryl methyl sites for hydroxylation is 2. The highest BCUT2D eigenvalue weighted by Crippen LogP contribution is 2.22. The number of hydrogen-bond donors (Lipinski definition) is 2. The fourth-order valence-electron chi connectivity index (χ4n) is 1.59. The van der Waals surface area contributed by atoms with Crippen molar-refractivity contribution in [2.75, 3.05) is 5.32 Å². The van der Waals surface area contributed by atoms with Crippen LogP contribution in [0.3, 0.4) is 0 Å². The molecule has 0 bridgehead atoms. The van der Waals surface area contributed by atoms with E-state index in [-0.39, 0.29) is 5.91 Å². The number of carbonyl (C=O) groups is 1. The zero-order valence-electron chi connectivity index (χ0n) is 11.8. The normalized spacial score (nSPS) is 12.2. The van der Waals surface area contributed by atoms with Crippen LogP contribution in [0.25, 0.3) is 0 Å². The molecule has 0 saturated carbocycles.